The molecule has 1 saturated heterocycles. The summed E-state index contributed by atoms with van der Waals surface area (Å²) < 4.78 is 10.7. The lowest BCUT2D eigenvalue weighted by atomic mass is 9.90. The number of hydrogen-bond acceptors (Lipinski definition) is 4. The van der Waals surface area contributed by atoms with Gasteiger partial charge in [-0.3, -0.25) is 0 Å². The highest BCUT2D eigenvalue weighted by Gasteiger charge is 2.25. The third kappa shape index (κ3) is 6.53. The van der Waals surface area contributed by atoms with E-state index in [1.165, 1.54) is 12.8 Å². The Morgan fingerprint density at radius 2 is 1.64 bits per heavy atom. The van der Waals surface area contributed by atoms with Crippen molar-refractivity contribution in [1.29, 1.82) is 0 Å². The van der Waals surface area contributed by atoms with Crippen LogP contribution in [0.5, 0.6) is 0 Å². The second kappa shape index (κ2) is 8.16. The van der Waals surface area contributed by atoms with Gasteiger partial charge >= 0.3 is 6.09 Å². The molecule has 1 heterocycles. The Labute approximate surface area is 134 Å². The number of rotatable bonds is 4. The average Bonchev–Trinajstić information content (AvgIpc) is 2.45. The monoisotopic (exact) mass is 312 g/mol. The number of carbonyl (C=O) groups excluding carboxylic acids is 1. The van der Waals surface area contributed by atoms with Crippen molar-refractivity contribution in [2.75, 3.05) is 19.8 Å². The quantitative estimate of drug-likeness (QED) is 0.838. The molecule has 0 aromatic carbocycles. The first-order valence-electron chi connectivity index (χ1n) is 8.73. The van der Waals surface area contributed by atoms with Crippen molar-refractivity contribution in [3.63, 3.8) is 0 Å². The molecule has 128 valence electrons. The first kappa shape index (κ1) is 17.5. The van der Waals surface area contributed by atoms with Crippen LogP contribution in [0.25, 0.3) is 0 Å². The minimum atomic E-state index is -0.424. The van der Waals surface area contributed by atoms with Crippen molar-refractivity contribution < 1.29 is 14.3 Å². The molecule has 5 heteroatoms. The Morgan fingerprint density at radius 1 is 1.05 bits per heavy atom. The molecule has 0 aromatic heterocycles. The van der Waals surface area contributed by atoms with Gasteiger partial charge in [-0.2, -0.15) is 0 Å². The molecular weight excluding hydrogens is 280 g/mol. The van der Waals surface area contributed by atoms with E-state index in [0.29, 0.717) is 6.04 Å². The number of nitrogens with one attached hydrogen (secondary N) is 2. The van der Waals surface area contributed by atoms with Gasteiger partial charge in [0, 0.05) is 25.3 Å². The van der Waals surface area contributed by atoms with Crippen LogP contribution >= 0.6 is 0 Å². The fourth-order valence-electron chi connectivity index (χ4n) is 3.20. The lowest BCUT2D eigenvalue weighted by Gasteiger charge is -2.32. The summed E-state index contributed by atoms with van der Waals surface area (Å²) in [4.78, 5) is 11.8. The molecule has 1 aliphatic carbocycles. The number of ether oxygens (including phenoxy) is 2. The fourth-order valence-corrected chi connectivity index (χ4v) is 3.20. The van der Waals surface area contributed by atoms with E-state index < -0.39 is 5.60 Å². The predicted octanol–water partition coefficient (Wildman–Crippen LogP) is 2.84. The van der Waals surface area contributed by atoms with Crippen LogP contribution in [0.4, 0.5) is 4.79 Å². The first-order chi connectivity index (χ1) is 10.4. The zero-order valence-corrected chi connectivity index (χ0v) is 14.3. The largest absolute Gasteiger partial charge is 0.444 e. The van der Waals surface area contributed by atoms with E-state index in [9.17, 15) is 4.79 Å². The summed E-state index contributed by atoms with van der Waals surface area (Å²) in [5.74, 6) is 0.770. The molecule has 1 amide bonds. The lowest BCUT2D eigenvalue weighted by Crippen LogP contribution is -2.44. The molecular formula is C17H32N2O3. The molecule has 2 N–H and O–H groups in total. The van der Waals surface area contributed by atoms with Crippen LogP contribution in [0.15, 0.2) is 0 Å². The van der Waals surface area contributed by atoms with Crippen molar-refractivity contribution in [2.45, 2.75) is 77.0 Å². The number of carbonyl (C=O) groups is 1. The molecule has 22 heavy (non-hydrogen) atoms. The Hall–Kier alpha value is -0.810. The Bertz CT molecular complexity index is 340. The number of hydrogen-bond donors (Lipinski definition) is 2. The Morgan fingerprint density at radius 3 is 2.23 bits per heavy atom. The summed E-state index contributed by atoms with van der Waals surface area (Å²) >= 11 is 0. The average molecular weight is 312 g/mol. The van der Waals surface area contributed by atoms with E-state index >= 15 is 0 Å². The molecule has 0 aromatic rings. The minimum absolute atomic E-state index is 0.260. The van der Waals surface area contributed by atoms with Crippen LogP contribution in [0, 0.1) is 5.92 Å². The van der Waals surface area contributed by atoms with Crippen LogP contribution in [0.1, 0.15) is 59.3 Å². The molecule has 0 unspecified atom stereocenters. The van der Waals surface area contributed by atoms with Gasteiger partial charge in [-0.05, 0) is 71.8 Å². The van der Waals surface area contributed by atoms with Crippen LogP contribution < -0.4 is 10.6 Å². The van der Waals surface area contributed by atoms with E-state index in [2.05, 4.69) is 10.6 Å². The smallest absolute Gasteiger partial charge is 0.407 e. The van der Waals surface area contributed by atoms with Gasteiger partial charge in [0.05, 0.1) is 0 Å². The lowest BCUT2D eigenvalue weighted by molar-refractivity contribution is 0.0488. The Kier molecular flexibility index (Phi) is 6.50. The molecule has 5 nitrogen and oxygen atoms in total. The highest BCUT2D eigenvalue weighted by atomic mass is 16.6. The number of amides is 1. The summed E-state index contributed by atoms with van der Waals surface area (Å²) in [7, 11) is 0. The fraction of sp³-hybridized carbons (Fsp3) is 0.941. The molecule has 1 aliphatic heterocycles. The summed E-state index contributed by atoms with van der Waals surface area (Å²) in [6.07, 6.45) is 6.40. The van der Waals surface area contributed by atoms with Gasteiger partial charge in [-0.1, -0.05) is 0 Å². The minimum Gasteiger partial charge on any atom is -0.444 e. The summed E-state index contributed by atoms with van der Waals surface area (Å²) in [6.45, 7) is 8.62. The van der Waals surface area contributed by atoms with Crippen LogP contribution in [-0.4, -0.2) is 43.5 Å². The summed E-state index contributed by atoms with van der Waals surface area (Å²) in [6, 6.07) is 0.857. The second-order valence-corrected chi connectivity index (χ2v) is 7.66. The molecule has 2 fully saturated rings. The van der Waals surface area contributed by atoms with E-state index in [1.54, 1.807) is 0 Å². The topological polar surface area (TPSA) is 59.6 Å². The maximum atomic E-state index is 11.8. The SMILES string of the molecule is CC(C)(C)OC(=O)NC1CCC(NCC2CCOCC2)CC1. The zero-order valence-electron chi connectivity index (χ0n) is 14.3. The van der Waals surface area contributed by atoms with E-state index in [4.69, 9.17) is 9.47 Å². The van der Waals surface area contributed by atoms with Gasteiger partial charge in [0.1, 0.15) is 5.60 Å². The molecule has 0 radical (unpaired) electrons. The predicted molar refractivity (Wildman–Crippen MR) is 87.0 cm³/mol. The number of alkyl carbamates (subject to hydrolysis) is 1. The first-order valence-corrected chi connectivity index (χ1v) is 8.73. The normalized spacial score (nSPS) is 27.4. The van der Waals surface area contributed by atoms with Crippen LogP contribution in [0.3, 0.4) is 0 Å². The van der Waals surface area contributed by atoms with Crippen molar-refractivity contribution in [3.05, 3.63) is 0 Å². The standard InChI is InChI=1S/C17H32N2O3/c1-17(2,3)22-16(20)19-15-6-4-14(5-7-15)18-12-13-8-10-21-11-9-13/h13-15,18H,4-12H2,1-3H3,(H,19,20). The maximum Gasteiger partial charge on any atom is 0.407 e. The molecule has 0 spiro atoms. The van der Waals surface area contributed by atoms with Gasteiger partial charge in [-0.15, -0.1) is 0 Å². The van der Waals surface area contributed by atoms with E-state index in [1.807, 2.05) is 20.8 Å². The van der Waals surface area contributed by atoms with Gasteiger partial charge in [0.15, 0.2) is 0 Å². The van der Waals surface area contributed by atoms with Gasteiger partial charge in [-0.25, -0.2) is 4.79 Å². The van der Waals surface area contributed by atoms with Gasteiger partial charge < -0.3 is 20.1 Å². The molecule has 2 aliphatic rings. The summed E-state index contributed by atoms with van der Waals surface area (Å²) in [5, 5.41) is 6.70. The maximum absolute atomic E-state index is 11.8. The third-order valence-corrected chi connectivity index (χ3v) is 4.48. The van der Waals surface area contributed by atoms with Crippen LogP contribution in [-0.2, 0) is 9.47 Å². The van der Waals surface area contributed by atoms with E-state index in [0.717, 1.165) is 51.4 Å². The highest BCUT2D eigenvalue weighted by Crippen LogP contribution is 2.21. The molecule has 0 atom stereocenters. The van der Waals surface area contributed by atoms with Crippen molar-refractivity contribution in [1.82, 2.24) is 10.6 Å². The van der Waals surface area contributed by atoms with Crippen molar-refractivity contribution in [3.8, 4) is 0 Å². The van der Waals surface area contributed by atoms with Gasteiger partial charge in [0.2, 0.25) is 0 Å². The molecule has 1 saturated carbocycles. The third-order valence-electron chi connectivity index (χ3n) is 4.48. The summed E-state index contributed by atoms with van der Waals surface area (Å²) in [5.41, 5.74) is -0.424. The van der Waals surface area contributed by atoms with E-state index in [-0.39, 0.29) is 12.1 Å². The molecule has 0 bridgehead atoms. The second-order valence-electron chi connectivity index (χ2n) is 7.66. The van der Waals surface area contributed by atoms with Crippen LogP contribution in [0.2, 0.25) is 0 Å². The van der Waals surface area contributed by atoms with Gasteiger partial charge in [0.25, 0.3) is 0 Å². The zero-order chi connectivity index (χ0) is 16.0. The van der Waals surface area contributed by atoms with Crippen molar-refractivity contribution in [2.24, 2.45) is 5.92 Å². The Balaban J connectivity index is 1.60. The highest BCUT2D eigenvalue weighted by molar-refractivity contribution is 5.68. The van der Waals surface area contributed by atoms with Crippen molar-refractivity contribution >= 4 is 6.09 Å². The molecule has 2 rings (SSSR count).